The summed E-state index contributed by atoms with van der Waals surface area (Å²) < 4.78 is 10.4. The van der Waals surface area contributed by atoms with Gasteiger partial charge in [0.25, 0.3) is 5.91 Å². The minimum Gasteiger partial charge on any atom is -0.497 e. The lowest BCUT2D eigenvalue weighted by molar-refractivity contribution is -0.138. The Balaban J connectivity index is 1.92. The number of ether oxygens (including phenoxy) is 2. The molecular weight excluding hydrogens is 366 g/mol. The molecule has 5 heteroatoms. The van der Waals surface area contributed by atoms with E-state index in [4.69, 9.17) is 9.47 Å². The van der Waals surface area contributed by atoms with E-state index >= 15 is 0 Å². The van der Waals surface area contributed by atoms with Crippen molar-refractivity contribution in [3.63, 3.8) is 0 Å². The fraction of sp³-hybridized carbons (Fsp3) is 0.250. The Hall–Kier alpha value is -3.34. The highest BCUT2D eigenvalue weighted by atomic mass is 16.5. The van der Waals surface area contributed by atoms with E-state index in [1.54, 1.807) is 31.9 Å². The Morgan fingerprint density at radius 2 is 1.76 bits per heavy atom. The maximum absolute atomic E-state index is 13.2. The van der Waals surface area contributed by atoms with Crippen LogP contribution in [0.2, 0.25) is 0 Å². The van der Waals surface area contributed by atoms with E-state index in [9.17, 15) is 9.59 Å². The number of hydrogen-bond acceptors (Lipinski definition) is 4. The summed E-state index contributed by atoms with van der Waals surface area (Å²) in [5, 5.41) is 0. The minimum atomic E-state index is -0.472. The van der Waals surface area contributed by atoms with Gasteiger partial charge in [-0.05, 0) is 49.6 Å². The third-order valence-electron chi connectivity index (χ3n) is 4.88. The highest BCUT2D eigenvalue weighted by molar-refractivity contribution is 6.16. The molecule has 0 N–H and O–H groups in total. The summed E-state index contributed by atoms with van der Waals surface area (Å²) >= 11 is 0. The van der Waals surface area contributed by atoms with Gasteiger partial charge in [-0.1, -0.05) is 42.5 Å². The topological polar surface area (TPSA) is 55.8 Å². The molecule has 5 nitrogen and oxygen atoms in total. The molecule has 0 atom stereocenters. The number of nitrogens with zero attached hydrogens (tertiary/aromatic N) is 1. The van der Waals surface area contributed by atoms with Gasteiger partial charge in [0, 0.05) is 12.2 Å². The maximum Gasteiger partial charge on any atom is 0.340 e. The number of allylic oxidation sites excluding steroid dienone is 1. The second kappa shape index (κ2) is 9.24. The van der Waals surface area contributed by atoms with Crippen LogP contribution in [0.5, 0.6) is 5.75 Å². The van der Waals surface area contributed by atoms with Crippen LogP contribution < -0.4 is 4.74 Å². The zero-order valence-electron chi connectivity index (χ0n) is 17.0. The molecule has 0 bridgehead atoms. The fourth-order valence-electron chi connectivity index (χ4n) is 3.35. The first-order valence-electron chi connectivity index (χ1n) is 9.65. The van der Waals surface area contributed by atoms with Crippen molar-refractivity contribution in [3.05, 3.63) is 82.6 Å². The van der Waals surface area contributed by atoms with Crippen LogP contribution in [-0.2, 0) is 20.7 Å². The van der Waals surface area contributed by atoms with Crippen LogP contribution in [0.15, 0.2) is 71.4 Å². The molecule has 1 aliphatic rings. The van der Waals surface area contributed by atoms with E-state index < -0.39 is 5.97 Å². The molecule has 0 saturated heterocycles. The third kappa shape index (κ3) is 4.57. The second-order valence-electron chi connectivity index (χ2n) is 6.70. The largest absolute Gasteiger partial charge is 0.497 e. The minimum absolute atomic E-state index is 0.183. The predicted octanol–water partition coefficient (Wildman–Crippen LogP) is 4.00. The first-order chi connectivity index (χ1) is 14.0. The van der Waals surface area contributed by atoms with Crippen LogP contribution in [-0.4, -0.2) is 37.0 Å². The standard InChI is InChI=1S/C24H25NO4/c1-4-29-24(27)22-17(2)25(15-14-18-8-6-5-7-9-18)23(26)21(22)16-19-10-12-20(28-3)13-11-19/h5-13,16H,4,14-15H2,1-3H3/b21-16-. The molecule has 1 amide bonds. The summed E-state index contributed by atoms with van der Waals surface area (Å²) in [5.74, 6) is 0.0735. The summed E-state index contributed by atoms with van der Waals surface area (Å²) in [5.41, 5.74) is 3.27. The third-order valence-corrected chi connectivity index (χ3v) is 4.88. The van der Waals surface area contributed by atoms with E-state index in [2.05, 4.69) is 0 Å². The monoisotopic (exact) mass is 391 g/mol. The Kier molecular flexibility index (Phi) is 6.50. The van der Waals surface area contributed by atoms with Gasteiger partial charge < -0.3 is 14.4 Å². The van der Waals surface area contributed by atoms with Crippen molar-refractivity contribution < 1.29 is 19.1 Å². The van der Waals surface area contributed by atoms with Gasteiger partial charge >= 0.3 is 5.97 Å². The summed E-state index contributed by atoms with van der Waals surface area (Å²) in [4.78, 5) is 27.4. The van der Waals surface area contributed by atoms with Crippen LogP contribution in [0.25, 0.3) is 6.08 Å². The van der Waals surface area contributed by atoms with Gasteiger partial charge in [-0.15, -0.1) is 0 Å². The van der Waals surface area contributed by atoms with Gasteiger partial charge in [-0.2, -0.15) is 0 Å². The maximum atomic E-state index is 13.2. The van der Waals surface area contributed by atoms with Gasteiger partial charge in [-0.25, -0.2) is 4.79 Å². The smallest absolute Gasteiger partial charge is 0.340 e. The Morgan fingerprint density at radius 3 is 2.38 bits per heavy atom. The molecule has 1 heterocycles. The van der Waals surface area contributed by atoms with E-state index in [1.165, 1.54) is 0 Å². The van der Waals surface area contributed by atoms with Crippen molar-refractivity contribution in [2.45, 2.75) is 20.3 Å². The van der Waals surface area contributed by atoms with Crippen LogP contribution in [0.1, 0.15) is 25.0 Å². The van der Waals surface area contributed by atoms with Crippen molar-refractivity contribution in [1.29, 1.82) is 0 Å². The molecule has 2 aromatic carbocycles. The lowest BCUT2D eigenvalue weighted by atomic mass is 10.0. The molecular formula is C24H25NO4. The van der Waals surface area contributed by atoms with Crippen molar-refractivity contribution in [1.82, 2.24) is 4.90 Å². The number of rotatable bonds is 7. The Morgan fingerprint density at radius 1 is 1.07 bits per heavy atom. The first-order valence-corrected chi connectivity index (χ1v) is 9.65. The van der Waals surface area contributed by atoms with E-state index in [-0.39, 0.29) is 12.5 Å². The molecule has 0 spiro atoms. The van der Waals surface area contributed by atoms with Crippen LogP contribution >= 0.6 is 0 Å². The molecule has 0 aromatic heterocycles. The lowest BCUT2D eigenvalue weighted by Gasteiger charge is -2.17. The Labute approximate surface area is 171 Å². The molecule has 29 heavy (non-hydrogen) atoms. The number of methoxy groups -OCH3 is 1. The average molecular weight is 391 g/mol. The normalized spacial score (nSPS) is 15.2. The zero-order valence-corrected chi connectivity index (χ0v) is 17.0. The van der Waals surface area contributed by atoms with Gasteiger partial charge in [0.2, 0.25) is 0 Å². The van der Waals surface area contributed by atoms with Crippen molar-refractivity contribution in [2.24, 2.45) is 0 Å². The first kappa shape index (κ1) is 20.4. The SMILES string of the molecule is CCOC(=O)C1=C(C)N(CCc2ccccc2)C(=O)/C1=C\c1ccc(OC)cc1. The van der Waals surface area contributed by atoms with Gasteiger partial charge in [0.15, 0.2) is 0 Å². The van der Waals surface area contributed by atoms with Crippen LogP contribution in [0.4, 0.5) is 0 Å². The molecule has 150 valence electrons. The molecule has 0 aliphatic carbocycles. The molecule has 0 radical (unpaired) electrons. The lowest BCUT2D eigenvalue weighted by Crippen LogP contribution is -2.27. The van der Waals surface area contributed by atoms with E-state index in [0.717, 1.165) is 16.9 Å². The average Bonchev–Trinajstić information content (AvgIpc) is 2.97. The second-order valence-corrected chi connectivity index (χ2v) is 6.70. The number of amides is 1. The van der Waals surface area contributed by atoms with Crippen molar-refractivity contribution in [3.8, 4) is 5.75 Å². The number of esters is 1. The molecule has 2 aromatic rings. The molecule has 0 saturated carbocycles. The van der Waals surface area contributed by atoms with Crippen LogP contribution in [0, 0.1) is 0 Å². The molecule has 1 aliphatic heterocycles. The highest BCUT2D eigenvalue weighted by Crippen LogP contribution is 2.32. The highest BCUT2D eigenvalue weighted by Gasteiger charge is 2.36. The Bertz CT molecular complexity index is 943. The number of hydrogen-bond donors (Lipinski definition) is 0. The fourth-order valence-corrected chi connectivity index (χ4v) is 3.35. The van der Waals surface area contributed by atoms with E-state index in [1.807, 2.05) is 54.6 Å². The summed E-state index contributed by atoms with van der Waals surface area (Å²) in [6, 6.07) is 17.3. The van der Waals surface area contributed by atoms with E-state index in [0.29, 0.717) is 29.8 Å². The quantitative estimate of drug-likeness (QED) is 0.529. The molecule has 0 unspecified atom stereocenters. The van der Waals surface area contributed by atoms with Gasteiger partial charge in [0.1, 0.15) is 5.75 Å². The van der Waals surface area contributed by atoms with Crippen molar-refractivity contribution in [2.75, 3.05) is 20.3 Å². The number of carbonyl (C=O) groups is 2. The van der Waals surface area contributed by atoms with Gasteiger partial charge in [0.05, 0.1) is 24.9 Å². The molecule has 3 rings (SSSR count). The molecule has 0 fully saturated rings. The van der Waals surface area contributed by atoms with Crippen LogP contribution in [0.3, 0.4) is 0 Å². The van der Waals surface area contributed by atoms with Gasteiger partial charge in [-0.3, -0.25) is 4.79 Å². The summed E-state index contributed by atoms with van der Waals surface area (Å²) in [6.45, 7) is 4.30. The number of benzene rings is 2. The number of carbonyl (C=O) groups excluding carboxylic acids is 2. The zero-order chi connectivity index (χ0) is 20.8. The predicted molar refractivity (Wildman–Crippen MR) is 112 cm³/mol. The van der Waals surface area contributed by atoms with Crippen molar-refractivity contribution >= 4 is 18.0 Å². The summed E-state index contributed by atoms with van der Waals surface area (Å²) in [6.07, 6.45) is 2.44. The summed E-state index contributed by atoms with van der Waals surface area (Å²) in [7, 11) is 1.60.